The highest BCUT2D eigenvalue weighted by atomic mass is 32.2. The Hall–Kier alpha value is -6.10. The number of hydrogen-bond acceptors (Lipinski definition) is 3. The van der Waals surface area contributed by atoms with Gasteiger partial charge >= 0.3 is 5.97 Å². The van der Waals surface area contributed by atoms with E-state index in [-0.39, 0.29) is 17.3 Å². The van der Waals surface area contributed by atoms with Gasteiger partial charge in [-0.15, -0.1) is 0 Å². The van der Waals surface area contributed by atoms with Gasteiger partial charge in [0.1, 0.15) is 0 Å². The lowest BCUT2D eigenvalue weighted by Crippen LogP contribution is -2.44. The predicted octanol–water partition coefficient (Wildman–Crippen LogP) is 11.5. The molecule has 7 aromatic rings. The summed E-state index contributed by atoms with van der Waals surface area (Å²) in [6, 6.07) is 58.5. The lowest BCUT2D eigenvalue weighted by atomic mass is 9.51. The molecule has 294 valence electrons. The average molecular weight is 799 g/mol. The molecule has 60 heavy (non-hydrogen) atoms. The van der Waals surface area contributed by atoms with E-state index in [4.69, 9.17) is 4.74 Å². The van der Waals surface area contributed by atoms with Crippen LogP contribution in [0, 0.1) is 0 Å². The summed E-state index contributed by atoms with van der Waals surface area (Å²) in [6.07, 6.45) is 2.51. The van der Waals surface area contributed by atoms with Crippen molar-refractivity contribution >= 4 is 16.8 Å². The zero-order valence-corrected chi connectivity index (χ0v) is 35.2. The molecule has 0 radical (unpaired) electrons. The van der Waals surface area contributed by atoms with Crippen molar-refractivity contribution < 1.29 is 13.7 Å². The lowest BCUT2D eigenvalue weighted by Gasteiger charge is -2.52. The molecule has 1 atom stereocenters. The largest absolute Gasteiger partial charge is 0.466 e. The molecule has 4 bridgehead atoms. The fourth-order valence-corrected chi connectivity index (χ4v) is 13.0. The van der Waals surface area contributed by atoms with Gasteiger partial charge in [0.25, 0.3) is 0 Å². The zero-order valence-electron chi connectivity index (χ0n) is 34.4. The van der Waals surface area contributed by atoms with E-state index in [1.807, 2.05) is 0 Å². The molecule has 7 aromatic carbocycles. The van der Waals surface area contributed by atoms with Crippen LogP contribution in [0.4, 0.5) is 0 Å². The molecular formula is C56H46O3S. The second-order valence-corrected chi connectivity index (χ2v) is 19.3. The van der Waals surface area contributed by atoms with Crippen LogP contribution < -0.4 is 0 Å². The molecule has 6 aliphatic carbocycles. The Morgan fingerprint density at radius 3 is 1.13 bits per heavy atom. The van der Waals surface area contributed by atoms with E-state index in [1.54, 1.807) is 5.41 Å². The van der Waals surface area contributed by atoms with Crippen LogP contribution >= 0.6 is 0 Å². The summed E-state index contributed by atoms with van der Waals surface area (Å²) in [5.74, 6) is -0.242. The van der Waals surface area contributed by atoms with E-state index in [9.17, 15) is 4.79 Å². The Morgan fingerprint density at radius 2 is 0.850 bits per heavy atom. The summed E-state index contributed by atoms with van der Waals surface area (Å²) < 4.78 is 20.5. The molecule has 0 saturated heterocycles. The van der Waals surface area contributed by atoms with E-state index >= 15 is 4.21 Å². The van der Waals surface area contributed by atoms with Gasteiger partial charge < -0.3 is 4.74 Å². The van der Waals surface area contributed by atoms with Crippen LogP contribution in [0.15, 0.2) is 174 Å². The summed E-state index contributed by atoms with van der Waals surface area (Å²) >= 11 is 0. The summed E-state index contributed by atoms with van der Waals surface area (Å²) in [4.78, 5) is 13.5. The molecule has 0 heterocycles. The van der Waals surface area contributed by atoms with Gasteiger partial charge in [0, 0.05) is 28.2 Å². The quantitative estimate of drug-likeness (QED) is 0.119. The highest BCUT2D eigenvalue weighted by Crippen LogP contribution is 2.62. The molecule has 0 saturated carbocycles. The minimum atomic E-state index is -1.72. The fourth-order valence-electron chi connectivity index (χ4n) is 11.8. The molecule has 0 spiro atoms. The van der Waals surface area contributed by atoms with Gasteiger partial charge in [-0.2, -0.15) is 0 Å². The van der Waals surface area contributed by atoms with Crippen molar-refractivity contribution in [1.29, 1.82) is 0 Å². The maximum absolute atomic E-state index is 15.4. The fraction of sp³-hybridized carbons (Fsp3) is 0.196. The van der Waals surface area contributed by atoms with Crippen LogP contribution in [-0.4, -0.2) is 17.3 Å². The van der Waals surface area contributed by atoms with Crippen LogP contribution in [0.5, 0.6) is 0 Å². The number of rotatable bonds is 7. The average Bonchev–Trinajstić information content (AvgIpc) is 3.28. The third kappa shape index (κ3) is 5.07. The van der Waals surface area contributed by atoms with Crippen molar-refractivity contribution in [2.75, 3.05) is 7.11 Å². The van der Waals surface area contributed by atoms with Gasteiger partial charge in [0.15, 0.2) is 0 Å². The van der Waals surface area contributed by atoms with Gasteiger partial charge in [-0.25, -0.2) is 9.00 Å². The zero-order chi connectivity index (χ0) is 41.0. The van der Waals surface area contributed by atoms with Crippen molar-refractivity contribution in [3.8, 4) is 0 Å². The first kappa shape index (κ1) is 36.9. The predicted molar refractivity (Wildman–Crippen MR) is 240 cm³/mol. The van der Waals surface area contributed by atoms with E-state index in [0.29, 0.717) is 12.8 Å². The van der Waals surface area contributed by atoms with Crippen molar-refractivity contribution in [3.63, 3.8) is 0 Å². The number of benzene rings is 7. The van der Waals surface area contributed by atoms with Gasteiger partial charge in [-0.3, -0.25) is 0 Å². The molecule has 3 nitrogen and oxygen atoms in total. The minimum Gasteiger partial charge on any atom is -0.466 e. The first-order valence-corrected chi connectivity index (χ1v) is 22.3. The molecule has 13 rings (SSSR count). The first-order valence-electron chi connectivity index (χ1n) is 21.1. The first-order chi connectivity index (χ1) is 29.2. The van der Waals surface area contributed by atoms with Gasteiger partial charge in [0.2, 0.25) is 0 Å². The van der Waals surface area contributed by atoms with Crippen molar-refractivity contribution in [2.24, 2.45) is 0 Å². The van der Waals surface area contributed by atoms with Crippen LogP contribution in [0.1, 0.15) is 116 Å². The normalized spacial score (nSPS) is 21.6. The smallest absolute Gasteiger partial charge is 0.331 e. The molecule has 4 heteroatoms. The van der Waals surface area contributed by atoms with Crippen molar-refractivity contribution in [1.82, 2.24) is 0 Å². The van der Waals surface area contributed by atoms with E-state index in [1.165, 1.54) is 85.5 Å². The molecule has 0 aliphatic heterocycles. The van der Waals surface area contributed by atoms with Crippen LogP contribution in [0.3, 0.4) is 0 Å². The van der Waals surface area contributed by atoms with Crippen LogP contribution in [-0.2, 0) is 49.4 Å². The van der Waals surface area contributed by atoms with E-state index in [0.717, 1.165) is 16.0 Å². The third-order valence-electron chi connectivity index (χ3n) is 14.1. The maximum atomic E-state index is 15.4. The standard InChI is InChI=1S/C56H46O3S/c1-54(2,3)37-31-35(33-55-44-23-11-5-17-38(44)51(39-18-6-12-24-45(39)55)40-19-7-13-25-46(40)55)53(60(58)30-29-50(57)59-4)36(32-37)34-56-47-26-14-8-20-41(47)52(42-21-9-15-27-48(42)56)43-22-10-16-28-49(43)56/h5-32,51-52H,33-34H2,1-4H3/b30-29+. The summed E-state index contributed by atoms with van der Waals surface area (Å²) in [6.45, 7) is 6.83. The summed E-state index contributed by atoms with van der Waals surface area (Å²) in [7, 11) is -0.354. The Morgan fingerprint density at radius 1 is 0.550 bits per heavy atom. The Kier molecular flexibility index (Phi) is 8.29. The Labute approximate surface area is 355 Å². The number of hydrogen-bond donors (Lipinski definition) is 0. The third-order valence-corrected chi connectivity index (χ3v) is 15.4. The second kappa shape index (κ2) is 13.5. The molecule has 0 amide bonds. The maximum Gasteiger partial charge on any atom is 0.331 e. The lowest BCUT2D eigenvalue weighted by molar-refractivity contribution is -0.134. The molecule has 0 fully saturated rings. The molecule has 0 aromatic heterocycles. The molecule has 0 N–H and O–H groups in total. The van der Waals surface area contributed by atoms with Crippen molar-refractivity contribution in [3.05, 3.63) is 253 Å². The number of carbonyl (C=O) groups excluding carboxylic acids is 1. The van der Waals surface area contributed by atoms with E-state index < -0.39 is 27.6 Å². The monoisotopic (exact) mass is 798 g/mol. The van der Waals surface area contributed by atoms with Gasteiger partial charge in [0.05, 0.1) is 28.7 Å². The minimum absolute atomic E-state index is 0.143. The molecule has 1 unspecified atom stereocenters. The molecule has 6 aliphatic rings. The highest BCUT2D eigenvalue weighted by Gasteiger charge is 2.54. The van der Waals surface area contributed by atoms with Gasteiger partial charge in [-0.05, 0) is 102 Å². The Balaban J connectivity index is 1.23. The van der Waals surface area contributed by atoms with Crippen LogP contribution in [0.25, 0.3) is 0 Å². The highest BCUT2D eigenvalue weighted by molar-refractivity contribution is 7.88. The topological polar surface area (TPSA) is 43.4 Å². The number of ether oxygens (including phenoxy) is 1. The molecular weight excluding hydrogens is 753 g/mol. The SMILES string of the molecule is COC(=O)/C=C/S(=O)c1c(CC23c4ccccc4C(c4ccccc42)c2ccccc23)cc(C(C)(C)C)cc1CC12c3ccccc3C(c3ccccc31)c1ccccc12. The number of esters is 1. The van der Waals surface area contributed by atoms with Crippen molar-refractivity contribution in [2.45, 2.75) is 66.6 Å². The summed E-state index contributed by atoms with van der Waals surface area (Å²) in [5, 5.41) is 1.54. The second-order valence-electron chi connectivity index (χ2n) is 18.1. The van der Waals surface area contributed by atoms with Crippen LogP contribution in [0.2, 0.25) is 0 Å². The summed E-state index contributed by atoms with van der Waals surface area (Å²) in [5.41, 5.74) is 17.7. The van der Waals surface area contributed by atoms with Gasteiger partial charge in [-0.1, -0.05) is 178 Å². The van der Waals surface area contributed by atoms with E-state index in [2.05, 4.69) is 178 Å². The number of carbonyl (C=O) groups is 1. The Bertz CT molecular complexity index is 2580. The number of methoxy groups -OCH3 is 1.